The second-order valence-electron chi connectivity index (χ2n) is 6.51. The number of aliphatic hydroxyl groups is 1. The Morgan fingerprint density at radius 1 is 1.35 bits per heavy atom. The van der Waals surface area contributed by atoms with Crippen LogP contribution in [0.1, 0.15) is 47.5 Å². The fourth-order valence-corrected chi connectivity index (χ4v) is 1.88. The summed E-state index contributed by atoms with van der Waals surface area (Å²) in [6.45, 7) is 10.9. The highest BCUT2D eigenvalue weighted by molar-refractivity contribution is 5.68. The van der Waals surface area contributed by atoms with Crippen molar-refractivity contribution in [2.45, 2.75) is 59.2 Å². The quantitative estimate of drug-likeness (QED) is 0.710. The lowest BCUT2D eigenvalue weighted by Gasteiger charge is -2.28. The van der Waals surface area contributed by atoms with Crippen molar-refractivity contribution in [3.63, 3.8) is 0 Å². The van der Waals surface area contributed by atoms with Crippen LogP contribution in [0.3, 0.4) is 0 Å². The molecule has 1 aliphatic rings. The molecule has 0 aliphatic carbocycles. The summed E-state index contributed by atoms with van der Waals surface area (Å²) in [6, 6.07) is 0. The maximum Gasteiger partial charge on any atom is 0.410 e. The first-order valence-corrected chi connectivity index (χ1v) is 6.28. The molecular formula is C13H25NO3. The van der Waals surface area contributed by atoms with Crippen molar-refractivity contribution < 1.29 is 14.6 Å². The average Bonchev–Trinajstić information content (AvgIpc) is 2.25. The summed E-state index contributed by atoms with van der Waals surface area (Å²) >= 11 is 0. The van der Waals surface area contributed by atoms with Gasteiger partial charge in [-0.3, -0.25) is 0 Å². The minimum absolute atomic E-state index is 0.128. The van der Waals surface area contributed by atoms with E-state index in [9.17, 15) is 9.90 Å². The molecule has 100 valence electrons. The average molecular weight is 243 g/mol. The van der Waals surface area contributed by atoms with E-state index in [2.05, 4.69) is 0 Å². The molecule has 0 saturated carbocycles. The van der Waals surface area contributed by atoms with Crippen LogP contribution >= 0.6 is 0 Å². The van der Waals surface area contributed by atoms with Crippen molar-refractivity contribution in [2.75, 3.05) is 13.1 Å². The van der Waals surface area contributed by atoms with Crippen LogP contribution in [0, 0.1) is 5.41 Å². The Bertz CT molecular complexity index is 281. The van der Waals surface area contributed by atoms with Crippen molar-refractivity contribution >= 4 is 6.09 Å². The van der Waals surface area contributed by atoms with E-state index < -0.39 is 5.60 Å². The number of nitrogens with zero attached hydrogens (tertiary/aromatic N) is 1. The van der Waals surface area contributed by atoms with Crippen molar-refractivity contribution in [2.24, 2.45) is 5.41 Å². The molecule has 4 nitrogen and oxygen atoms in total. The Labute approximate surface area is 104 Å². The predicted octanol–water partition coefficient (Wildman–Crippen LogP) is 2.40. The van der Waals surface area contributed by atoms with Crippen molar-refractivity contribution in [1.82, 2.24) is 4.90 Å². The Morgan fingerprint density at radius 3 is 2.47 bits per heavy atom. The van der Waals surface area contributed by atoms with Gasteiger partial charge in [-0.2, -0.15) is 0 Å². The van der Waals surface area contributed by atoms with Gasteiger partial charge >= 0.3 is 6.09 Å². The second kappa shape index (κ2) is 4.84. The van der Waals surface area contributed by atoms with Gasteiger partial charge in [-0.25, -0.2) is 4.79 Å². The molecule has 1 fully saturated rings. The Kier molecular flexibility index (Phi) is 4.07. The van der Waals surface area contributed by atoms with Gasteiger partial charge < -0.3 is 14.7 Å². The van der Waals surface area contributed by atoms with Gasteiger partial charge in [0.2, 0.25) is 0 Å². The molecule has 0 bridgehead atoms. The van der Waals surface area contributed by atoms with Crippen molar-refractivity contribution in [3.05, 3.63) is 0 Å². The standard InChI is InChI=1S/C13H25NO3/c1-12(2,3)17-11(16)14-8-6-10(15)13(4,5)7-9-14/h10,15H,6-9H2,1-5H3. The maximum absolute atomic E-state index is 11.9. The monoisotopic (exact) mass is 243 g/mol. The molecule has 0 aromatic rings. The number of carbonyl (C=O) groups excluding carboxylic acids is 1. The van der Waals surface area contributed by atoms with Crippen LogP contribution in [0.25, 0.3) is 0 Å². The third-order valence-electron chi connectivity index (χ3n) is 3.25. The summed E-state index contributed by atoms with van der Waals surface area (Å²) in [5.41, 5.74) is -0.589. The SMILES string of the molecule is CC(C)(C)OC(=O)N1CCC(O)C(C)(C)CC1. The Hall–Kier alpha value is -0.770. The first kappa shape index (κ1) is 14.3. The number of hydrogen-bond donors (Lipinski definition) is 1. The third-order valence-corrected chi connectivity index (χ3v) is 3.25. The summed E-state index contributed by atoms with van der Waals surface area (Å²) in [6.07, 6.45) is 0.789. The number of aliphatic hydroxyl groups excluding tert-OH is 1. The molecule has 0 spiro atoms. The molecule has 4 heteroatoms. The fraction of sp³-hybridized carbons (Fsp3) is 0.923. The smallest absolute Gasteiger partial charge is 0.410 e. The van der Waals surface area contributed by atoms with Gasteiger partial charge in [0, 0.05) is 13.1 Å². The molecule has 1 aliphatic heterocycles. The third kappa shape index (κ3) is 4.19. The van der Waals surface area contributed by atoms with E-state index in [4.69, 9.17) is 4.74 Å². The van der Waals surface area contributed by atoms with Crippen molar-refractivity contribution in [1.29, 1.82) is 0 Å². The number of hydrogen-bond acceptors (Lipinski definition) is 3. The highest BCUT2D eigenvalue weighted by Crippen LogP contribution is 2.30. The topological polar surface area (TPSA) is 49.8 Å². The molecule has 17 heavy (non-hydrogen) atoms. The maximum atomic E-state index is 11.9. The van der Waals surface area contributed by atoms with Gasteiger partial charge in [0.1, 0.15) is 5.60 Å². The molecule has 1 heterocycles. The molecule has 1 unspecified atom stereocenters. The Morgan fingerprint density at radius 2 is 1.94 bits per heavy atom. The normalized spacial score (nSPS) is 25.3. The lowest BCUT2D eigenvalue weighted by atomic mass is 9.83. The van der Waals surface area contributed by atoms with Crippen LogP contribution in [0.5, 0.6) is 0 Å². The summed E-state index contributed by atoms with van der Waals surface area (Å²) < 4.78 is 5.34. The Balaban J connectivity index is 2.60. The van der Waals surface area contributed by atoms with Crippen LogP contribution in [0.15, 0.2) is 0 Å². The highest BCUT2D eigenvalue weighted by atomic mass is 16.6. The summed E-state index contributed by atoms with van der Waals surface area (Å²) in [5, 5.41) is 9.97. The summed E-state index contributed by atoms with van der Waals surface area (Å²) in [4.78, 5) is 13.6. The van der Waals surface area contributed by atoms with Crippen LogP contribution in [0.4, 0.5) is 4.79 Å². The van der Waals surface area contributed by atoms with Gasteiger partial charge in [-0.05, 0) is 39.0 Å². The zero-order chi connectivity index (χ0) is 13.3. The summed E-state index contributed by atoms with van der Waals surface area (Å²) in [5.74, 6) is 0. The lowest BCUT2D eigenvalue weighted by molar-refractivity contribution is 0.0251. The first-order chi connectivity index (χ1) is 7.62. The van der Waals surface area contributed by atoms with E-state index >= 15 is 0 Å². The molecule has 1 N–H and O–H groups in total. The van der Waals surface area contributed by atoms with Crippen LogP contribution in [0.2, 0.25) is 0 Å². The van der Waals surface area contributed by atoms with Crippen LogP contribution in [-0.2, 0) is 4.74 Å². The van der Waals surface area contributed by atoms with Gasteiger partial charge in [0.25, 0.3) is 0 Å². The largest absolute Gasteiger partial charge is 0.444 e. The highest BCUT2D eigenvalue weighted by Gasteiger charge is 2.33. The second-order valence-corrected chi connectivity index (χ2v) is 6.51. The van der Waals surface area contributed by atoms with E-state index in [1.54, 1.807) is 4.90 Å². The molecule has 1 atom stereocenters. The zero-order valence-electron chi connectivity index (χ0n) is 11.6. The molecule has 0 radical (unpaired) electrons. The number of ether oxygens (including phenoxy) is 1. The van der Waals surface area contributed by atoms with E-state index in [1.165, 1.54) is 0 Å². The minimum atomic E-state index is -0.461. The number of likely N-dealkylation sites (tertiary alicyclic amines) is 1. The van der Waals surface area contributed by atoms with E-state index in [0.717, 1.165) is 6.42 Å². The molecule has 1 saturated heterocycles. The molecule has 1 rings (SSSR count). The molecule has 1 amide bonds. The first-order valence-electron chi connectivity index (χ1n) is 6.28. The van der Waals surface area contributed by atoms with Gasteiger partial charge in [0.05, 0.1) is 6.10 Å². The minimum Gasteiger partial charge on any atom is -0.444 e. The van der Waals surface area contributed by atoms with Crippen LogP contribution in [-0.4, -0.2) is 40.9 Å². The number of amides is 1. The fourth-order valence-electron chi connectivity index (χ4n) is 1.88. The van der Waals surface area contributed by atoms with E-state index in [1.807, 2.05) is 34.6 Å². The number of carbonyl (C=O) groups is 1. The predicted molar refractivity (Wildman–Crippen MR) is 66.8 cm³/mol. The van der Waals surface area contributed by atoms with Crippen LogP contribution < -0.4 is 0 Å². The van der Waals surface area contributed by atoms with Gasteiger partial charge in [0.15, 0.2) is 0 Å². The van der Waals surface area contributed by atoms with E-state index in [0.29, 0.717) is 19.5 Å². The van der Waals surface area contributed by atoms with Gasteiger partial charge in [-0.15, -0.1) is 0 Å². The van der Waals surface area contributed by atoms with E-state index in [-0.39, 0.29) is 17.6 Å². The van der Waals surface area contributed by atoms with Crippen molar-refractivity contribution in [3.8, 4) is 0 Å². The lowest BCUT2D eigenvalue weighted by Crippen LogP contribution is -2.37. The molecular weight excluding hydrogens is 218 g/mol. The van der Waals surface area contributed by atoms with Gasteiger partial charge in [-0.1, -0.05) is 13.8 Å². The number of rotatable bonds is 0. The zero-order valence-corrected chi connectivity index (χ0v) is 11.6. The summed E-state index contributed by atoms with van der Waals surface area (Å²) in [7, 11) is 0. The molecule has 0 aromatic heterocycles. The molecule has 0 aromatic carbocycles.